The van der Waals surface area contributed by atoms with Crippen molar-refractivity contribution in [1.29, 1.82) is 0 Å². The van der Waals surface area contributed by atoms with E-state index in [9.17, 15) is 9.90 Å². The summed E-state index contributed by atoms with van der Waals surface area (Å²) in [6.07, 6.45) is 5.88. The number of aliphatic hydroxyl groups is 2. The molecule has 160 valence electrons. The Hall–Kier alpha value is -1.63. The predicted molar refractivity (Wildman–Crippen MR) is 111 cm³/mol. The lowest BCUT2D eigenvalue weighted by Crippen LogP contribution is -2.60. The van der Waals surface area contributed by atoms with Gasteiger partial charge in [-0.25, -0.2) is 0 Å². The van der Waals surface area contributed by atoms with Crippen LogP contribution in [-0.2, 0) is 11.3 Å². The molecule has 29 heavy (non-hydrogen) atoms. The zero-order valence-corrected chi connectivity index (χ0v) is 17.3. The minimum atomic E-state index is -0.630. The van der Waals surface area contributed by atoms with Crippen LogP contribution in [0.25, 0.3) is 0 Å². The van der Waals surface area contributed by atoms with Crippen LogP contribution in [0, 0.1) is 11.8 Å². The second kappa shape index (κ2) is 9.02. The van der Waals surface area contributed by atoms with E-state index in [-0.39, 0.29) is 18.4 Å². The van der Waals surface area contributed by atoms with Crippen LogP contribution in [0.5, 0.6) is 5.75 Å². The first-order valence-electron chi connectivity index (χ1n) is 11.1. The maximum atomic E-state index is 12.9. The smallest absolute Gasteiger partial charge is 0.225 e. The molecule has 0 bridgehead atoms. The molecular formula is C23H34N2O4. The summed E-state index contributed by atoms with van der Waals surface area (Å²) in [5.74, 6) is 1.41. The molecule has 1 aliphatic carbocycles. The van der Waals surface area contributed by atoms with Gasteiger partial charge in [-0.15, -0.1) is 0 Å². The average Bonchev–Trinajstić information content (AvgIpc) is 3.27. The van der Waals surface area contributed by atoms with Gasteiger partial charge in [-0.2, -0.15) is 0 Å². The number of likely N-dealkylation sites (tertiary alicyclic amines) is 2. The van der Waals surface area contributed by atoms with Crippen molar-refractivity contribution in [1.82, 2.24) is 9.80 Å². The third kappa shape index (κ3) is 4.76. The van der Waals surface area contributed by atoms with Gasteiger partial charge in [0, 0.05) is 44.6 Å². The Morgan fingerprint density at radius 1 is 1.17 bits per heavy atom. The number of aliphatic hydroxyl groups excluding tert-OH is 1. The van der Waals surface area contributed by atoms with Crippen LogP contribution >= 0.6 is 0 Å². The first-order chi connectivity index (χ1) is 14.1. The van der Waals surface area contributed by atoms with Gasteiger partial charge >= 0.3 is 0 Å². The van der Waals surface area contributed by atoms with Gasteiger partial charge in [-0.3, -0.25) is 9.69 Å². The van der Waals surface area contributed by atoms with Gasteiger partial charge in [0.2, 0.25) is 5.91 Å². The van der Waals surface area contributed by atoms with Crippen molar-refractivity contribution in [3.63, 3.8) is 0 Å². The van der Waals surface area contributed by atoms with E-state index >= 15 is 0 Å². The highest BCUT2D eigenvalue weighted by Crippen LogP contribution is 2.37. The Morgan fingerprint density at radius 3 is 2.76 bits per heavy atom. The third-order valence-electron chi connectivity index (χ3n) is 7.04. The van der Waals surface area contributed by atoms with Crippen molar-refractivity contribution in [2.24, 2.45) is 11.8 Å². The summed E-state index contributed by atoms with van der Waals surface area (Å²) in [6.45, 7) is 4.17. The number of carbonyl (C=O) groups excluding carboxylic acids is 1. The fourth-order valence-corrected chi connectivity index (χ4v) is 5.30. The van der Waals surface area contributed by atoms with Crippen molar-refractivity contribution < 1.29 is 19.7 Å². The number of hydrogen-bond donors (Lipinski definition) is 2. The number of amides is 1. The van der Waals surface area contributed by atoms with Crippen molar-refractivity contribution >= 4 is 5.91 Å². The molecule has 1 amide bonds. The molecule has 0 unspecified atom stereocenters. The number of ether oxygens (including phenoxy) is 1. The lowest BCUT2D eigenvalue weighted by atomic mass is 9.75. The second-order valence-corrected chi connectivity index (χ2v) is 9.02. The monoisotopic (exact) mass is 402 g/mol. The number of nitrogens with zero attached hydrogens (tertiary/aromatic N) is 2. The van der Waals surface area contributed by atoms with E-state index in [1.54, 1.807) is 0 Å². The SMILES string of the molecule is O=C(C1CCCC1)N1CC[C@]2(O)CCN(Cc3cccc(OCCO)c3)C[C@@H]2C1. The quantitative estimate of drug-likeness (QED) is 0.762. The van der Waals surface area contributed by atoms with Gasteiger partial charge in [0.25, 0.3) is 0 Å². The zero-order valence-electron chi connectivity index (χ0n) is 17.3. The topological polar surface area (TPSA) is 73.2 Å². The molecule has 6 nitrogen and oxygen atoms in total. The molecule has 3 aliphatic rings. The second-order valence-electron chi connectivity index (χ2n) is 9.02. The van der Waals surface area contributed by atoms with Gasteiger partial charge < -0.3 is 19.8 Å². The van der Waals surface area contributed by atoms with E-state index in [0.29, 0.717) is 32.0 Å². The molecule has 2 N–H and O–H groups in total. The highest BCUT2D eigenvalue weighted by Gasteiger charge is 2.46. The standard InChI is InChI=1S/C23H34N2O4/c26-12-13-29-21-7-3-4-18(14-21)15-24-10-8-23(28)9-11-25(17-20(23)16-24)22(27)19-5-1-2-6-19/h3-4,7,14,19-20,26,28H,1-2,5-6,8-13,15-17H2/t20-,23-/m1/s1. The molecule has 2 saturated heterocycles. The number of fused-ring (bicyclic) bond motifs is 1. The molecule has 0 spiro atoms. The first kappa shape index (κ1) is 20.6. The van der Waals surface area contributed by atoms with Crippen LogP contribution in [0.3, 0.4) is 0 Å². The van der Waals surface area contributed by atoms with Gasteiger partial charge in [-0.05, 0) is 43.4 Å². The number of rotatable bonds is 6. The van der Waals surface area contributed by atoms with E-state index in [1.807, 2.05) is 23.1 Å². The third-order valence-corrected chi connectivity index (χ3v) is 7.04. The van der Waals surface area contributed by atoms with Gasteiger partial charge in [0.15, 0.2) is 0 Å². The molecule has 0 radical (unpaired) electrons. The van der Waals surface area contributed by atoms with Gasteiger partial charge in [0.1, 0.15) is 12.4 Å². The molecule has 1 aromatic carbocycles. The first-order valence-corrected chi connectivity index (χ1v) is 11.1. The zero-order chi connectivity index (χ0) is 20.3. The Bertz CT molecular complexity index is 706. The lowest BCUT2D eigenvalue weighted by molar-refractivity contribution is -0.150. The van der Waals surface area contributed by atoms with Gasteiger partial charge in [0.05, 0.1) is 12.2 Å². The largest absolute Gasteiger partial charge is 0.491 e. The highest BCUT2D eigenvalue weighted by molar-refractivity contribution is 5.79. The fraction of sp³-hybridized carbons (Fsp3) is 0.696. The Labute approximate surface area is 173 Å². The molecular weight excluding hydrogens is 368 g/mol. The summed E-state index contributed by atoms with van der Waals surface area (Å²) in [5.41, 5.74) is 0.537. The maximum absolute atomic E-state index is 12.9. The summed E-state index contributed by atoms with van der Waals surface area (Å²) < 4.78 is 5.52. The molecule has 0 aromatic heterocycles. The van der Waals surface area contributed by atoms with Crippen LogP contribution in [0.15, 0.2) is 24.3 Å². The summed E-state index contributed by atoms with van der Waals surface area (Å²) in [4.78, 5) is 17.3. The fourth-order valence-electron chi connectivity index (χ4n) is 5.30. The van der Waals surface area contributed by atoms with Crippen LogP contribution in [-0.4, -0.2) is 70.9 Å². The molecule has 1 saturated carbocycles. The van der Waals surface area contributed by atoms with Crippen molar-refractivity contribution in [2.75, 3.05) is 39.4 Å². The lowest BCUT2D eigenvalue weighted by Gasteiger charge is -2.50. The van der Waals surface area contributed by atoms with Gasteiger partial charge in [-0.1, -0.05) is 25.0 Å². The van der Waals surface area contributed by atoms with Crippen molar-refractivity contribution in [2.45, 2.75) is 50.7 Å². The molecule has 4 rings (SSSR count). The van der Waals surface area contributed by atoms with Crippen LogP contribution in [0.4, 0.5) is 0 Å². The maximum Gasteiger partial charge on any atom is 0.225 e. The Morgan fingerprint density at radius 2 is 1.97 bits per heavy atom. The van der Waals surface area contributed by atoms with E-state index in [0.717, 1.165) is 44.6 Å². The Kier molecular flexibility index (Phi) is 6.42. The average molecular weight is 403 g/mol. The summed E-state index contributed by atoms with van der Waals surface area (Å²) >= 11 is 0. The number of carbonyl (C=O) groups is 1. The number of piperidine rings is 2. The Balaban J connectivity index is 1.37. The number of hydrogen-bond acceptors (Lipinski definition) is 5. The van der Waals surface area contributed by atoms with Crippen LogP contribution in [0.1, 0.15) is 44.1 Å². The predicted octanol–water partition coefficient (Wildman–Crippen LogP) is 2.03. The summed E-state index contributed by atoms with van der Waals surface area (Å²) in [7, 11) is 0. The van der Waals surface area contributed by atoms with E-state index in [2.05, 4.69) is 11.0 Å². The minimum Gasteiger partial charge on any atom is -0.491 e. The van der Waals surface area contributed by atoms with E-state index in [1.165, 1.54) is 18.4 Å². The number of benzene rings is 1. The molecule has 3 fully saturated rings. The van der Waals surface area contributed by atoms with E-state index < -0.39 is 5.60 Å². The normalized spacial score (nSPS) is 28.3. The molecule has 1 aromatic rings. The minimum absolute atomic E-state index is 0.00664. The molecule has 6 heteroatoms. The van der Waals surface area contributed by atoms with E-state index in [4.69, 9.17) is 9.84 Å². The molecule has 2 atom stereocenters. The highest BCUT2D eigenvalue weighted by atomic mass is 16.5. The molecule has 2 heterocycles. The van der Waals surface area contributed by atoms with Crippen molar-refractivity contribution in [3.05, 3.63) is 29.8 Å². The molecule has 2 aliphatic heterocycles. The van der Waals surface area contributed by atoms with Crippen LogP contribution < -0.4 is 4.74 Å². The van der Waals surface area contributed by atoms with Crippen LogP contribution in [0.2, 0.25) is 0 Å². The summed E-state index contributed by atoms with van der Waals surface area (Å²) in [5, 5.41) is 20.1. The summed E-state index contributed by atoms with van der Waals surface area (Å²) in [6, 6.07) is 7.99. The van der Waals surface area contributed by atoms with Crippen molar-refractivity contribution in [3.8, 4) is 5.75 Å².